The smallest absolute Gasteiger partial charge is 0.259 e. The summed E-state index contributed by atoms with van der Waals surface area (Å²) in [5, 5.41) is 11.5. The zero-order valence-electron chi connectivity index (χ0n) is 17.8. The van der Waals surface area contributed by atoms with Crippen LogP contribution in [0.25, 0.3) is 4.96 Å². The third-order valence-electron chi connectivity index (χ3n) is 5.55. The van der Waals surface area contributed by atoms with Crippen molar-refractivity contribution in [3.63, 3.8) is 0 Å². The van der Waals surface area contributed by atoms with Crippen molar-refractivity contribution in [2.24, 2.45) is 5.92 Å². The first-order valence-corrected chi connectivity index (χ1v) is 11.3. The van der Waals surface area contributed by atoms with Crippen LogP contribution in [0.15, 0.2) is 34.4 Å². The van der Waals surface area contributed by atoms with E-state index in [1.54, 1.807) is 10.5 Å². The second-order valence-electron chi connectivity index (χ2n) is 8.41. The van der Waals surface area contributed by atoms with Gasteiger partial charge in [0.2, 0.25) is 0 Å². The molecule has 1 aromatic carbocycles. The Kier molecular flexibility index (Phi) is 5.89. The van der Waals surface area contributed by atoms with Gasteiger partial charge in [-0.2, -0.15) is 5.26 Å². The first-order chi connectivity index (χ1) is 14.4. The van der Waals surface area contributed by atoms with Crippen LogP contribution in [0.4, 0.5) is 5.69 Å². The van der Waals surface area contributed by atoms with Crippen LogP contribution in [0.5, 0.6) is 0 Å². The van der Waals surface area contributed by atoms with Crippen LogP contribution in [0.3, 0.4) is 0 Å². The molecule has 0 bridgehead atoms. The van der Waals surface area contributed by atoms with Gasteiger partial charge in [-0.15, -0.1) is 11.3 Å². The van der Waals surface area contributed by atoms with E-state index < -0.39 is 0 Å². The third kappa shape index (κ3) is 4.25. The highest BCUT2D eigenvalue weighted by Gasteiger charge is 2.21. The van der Waals surface area contributed by atoms with Crippen molar-refractivity contribution in [2.45, 2.75) is 33.7 Å². The number of anilines is 1. The largest absolute Gasteiger partial charge is 0.368 e. The number of aromatic nitrogens is 2. The number of nitrogens with zero attached hydrogens (tertiary/aromatic N) is 5. The van der Waals surface area contributed by atoms with Crippen molar-refractivity contribution in [1.82, 2.24) is 14.3 Å². The Morgan fingerprint density at radius 3 is 2.67 bits per heavy atom. The van der Waals surface area contributed by atoms with Crippen molar-refractivity contribution in [2.75, 3.05) is 31.1 Å². The van der Waals surface area contributed by atoms with Crippen molar-refractivity contribution in [3.05, 3.63) is 62.5 Å². The van der Waals surface area contributed by atoms with Crippen LogP contribution in [0.1, 0.15) is 36.4 Å². The highest BCUT2D eigenvalue weighted by molar-refractivity contribution is 7.15. The summed E-state index contributed by atoms with van der Waals surface area (Å²) in [6.07, 6.45) is 1.02. The molecule has 30 heavy (non-hydrogen) atoms. The summed E-state index contributed by atoms with van der Waals surface area (Å²) in [6, 6.07) is 10.2. The first kappa shape index (κ1) is 20.6. The van der Waals surface area contributed by atoms with Crippen LogP contribution in [-0.4, -0.2) is 40.5 Å². The van der Waals surface area contributed by atoms with Crippen LogP contribution in [0, 0.1) is 24.2 Å². The molecule has 3 aromatic rings. The van der Waals surface area contributed by atoms with Crippen LogP contribution < -0.4 is 10.5 Å². The van der Waals surface area contributed by atoms with Crippen LogP contribution in [0.2, 0.25) is 0 Å². The summed E-state index contributed by atoms with van der Waals surface area (Å²) >= 11 is 1.51. The number of hydrogen-bond acceptors (Lipinski definition) is 6. The molecule has 1 aliphatic heterocycles. The summed E-state index contributed by atoms with van der Waals surface area (Å²) in [5.41, 5.74) is 4.82. The van der Waals surface area contributed by atoms with E-state index in [1.807, 2.05) is 18.4 Å². The number of fused-ring (bicyclic) bond motifs is 1. The first-order valence-electron chi connectivity index (χ1n) is 10.4. The molecule has 1 aliphatic rings. The normalized spacial score (nSPS) is 15.1. The molecule has 0 saturated carbocycles. The summed E-state index contributed by atoms with van der Waals surface area (Å²) in [7, 11) is 0. The van der Waals surface area contributed by atoms with Crippen LogP contribution in [-0.2, 0) is 13.0 Å². The molecule has 0 spiro atoms. The van der Waals surface area contributed by atoms with Gasteiger partial charge >= 0.3 is 0 Å². The average Bonchev–Trinajstić information content (AvgIpc) is 3.09. The molecule has 1 saturated heterocycles. The van der Waals surface area contributed by atoms with Gasteiger partial charge < -0.3 is 4.90 Å². The van der Waals surface area contributed by atoms with Gasteiger partial charge in [0, 0.05) is 49.9 Å². The summed E-state index contributed by atoms with van der Waals surface area (Å²) in [5.74, 6) is 0.587. The van der Waals surface area contributed by atoms with Gasteiger partial charge in [-0.1, -0.05) is 19.9 Å². The third-order valence-corrected chi connectivity index (χ3v) is 6.50. The lowest BCUT2D eigenvalue weighted by molar-refractivity contribution is 0.247. The molecule has 1 fully saturated rings. The Morgan fingerprint density at radius 2 is 1.97 bits per heavy atom. The molecule has 0 radical (unpaired) electrons. The SMILES string of the molecule is Cc1csc2nc(CN3CCN(c4cc(CC(C)C)ccc4C#N)CC3)cc(=O)n12. The minimum Gasteiger partial charge on any atom is -0.368 e. The van der Waals surface area contributed by atoms with Gasteiger partial charge in [0.25, 0.3) is 5.56 Å². The maximum absolute atomic E-state index is 12.4. The second-order valence-corrected chi connectivity index (χ2v) is 9.24. The average molecular weight is 422 g/mol. The minimum atomic E-state index is -0.00647. The molecular formula is C23H27N5OS. The standard InChI is InChI=1S/C23H27N5OS/c1-16(2)10-18-4-5-19(13-24)21(11-18)27-8-6-26(7-9-27)14-20-12-22(29)28-17(3)15-30-23(28)25-20/h4-5,11-12,15-16H,6-10,14H2,1-3H3. The minimum absolute atomic E-state index is 0.00647. The number of benzene rings is 1. The molecule has 0 aliphatic carbocycles. The van der Waals surface area contributed by atoms with Crippen molar-refractivity contribution >= 4 is 22.0 Å². The van der Waals surface area contributed by atoms with Gasteiger partial charge in [-0.25, -0.2) is 4.98 Å². The zero-order chi connectivity index (χ0) is 21.3. The van der Waals surface area contributed by atoms with E-state index in [0.29, 0.717) is 12.5 Å². The highest BCUT2D eigenvalue weighted by Crippen LogP contribution is 2.25. The Morgan fingerprint density at radius 1 is 1.20 bits per heavy atom. The van der Waals surface area contributed by atoms with Gasteiger partial charge in [0.05, 0.1) is 16.9 Å². The number of nitriles is 1. The van der Waals surface area contributed by atoms with E-state index in [0.717, 1.165) is 60.2 Å². The molecule has 4 rings (SSSR count). The predicted octanol–water partition coefficient (Wildman–Crippen LogP) is 3.46. The molecule has 0 unspecified atom stereocenters. The number of thiazole rings is 1. The molecule has 7 heteroatoms. The fraction of sp³-hybridized carbons (Fsp3) is 0.435. The zero-order valence-corrected chi connectivity index (χ0v) is 18.6. The number of hydrogen-bond donors (Lipinski definition) is 0. The monoisotopic (exact) mass is 421 g/mol. The lowest BCUT2D eigenvalue weighted by Crippen LogP contribution is -2.46. The van der Waals surface area contributed by atoms with Crippen LogP contribution >= 0.6 is 11.3 Å². The maximum atomic E-state index is 12.4. The van der Waals surface area contributed by atoms with E-state index in [4.69, 9.17) is 0 Å². The molecular weight excluding hydrogens is 394 g/mol. The number of rotatable bonds is 5. The van der Waals surface area contributed by atoms with E-state index >= 15 is 0 Å². The van der Waals surface area contributed by atoms with Gasteiger partial charge in [0.15, 0.2) is 4.96 Å². The fourth-order valence-corrected chi connectivity index (χ4v) is 4.98. The molecule has 0 amide bonds. The van der Waals surface area contributed by atoms with E-state index in [-0.39, 0.29) is 5.56 Å². The summed E-state index contributed by atoms with van der Waals surface area (Å²) in [6.45, 7) is 10.5. The highest BCUT2D eigenvalue weighted by atomic mass is 32.1. The molecule has 3 heterocycles. The molecule has 2 aromatic heterocycles. The Bertz CT molecular complexity index is 1150. The van der Waals surface area contributed by atoms with Crippen molar-refractivity contribution < 1.29 is 0 Å². The molecule has 0 atom stereocenters. The molecule has 0 N–H and O–H groups in total. The molecule has 6 nitrogen and oxygen atoms in total. The quantitative estimate of drug-likeness (QED) is 0.631. The second kappa shape index (κ2) is 8.58. The van der Waals surface area contributed by atoms with Gasteiger partial charge in [-0.3, -0.25) is 14.1 Å². The Balaban J connectivity index is 1.45. The topological polar surface area (TPSA) is 64.6 Å². The summed E-state index contributed by atoms with van der Waals surface area (Å²) < 4.78 is 1.67. The lowest BCUT2D eigenvalue weighted by atomic mass is 10.00. The van der Waals surface area contributed by atoms with Gasteiger partial charge in [-0.05, 0) is 37.0 Å². The van der Waals surface area contributed by atoms with Gasteiger partial charge in [0.1, 0.15) is 6.07 Å². The van der Waals surface area contributed by atoms with Crippen molar-refractivity contribution in [1.29, 1.82) is 5.26 Å². The lowest BCUT2D eigenvalue weighted by Gasteiger charge is -2.36. The van der Waals surface area contributed by atoms with E-state index in [1.165, 1.54) is 16.9 Å². The van der Waals surface area contributed by atoms with Crippen molar-refractivity contribution in [3.8, 4) is 6.07 Å². The predicted molar refractivity (Wildman–Crippen MR) is 121 cm³/mol. The number of piperazine rings is 1. The number of aryl methyl sites for hydroxylation is 1. The molecule has 156 valence electrons. The fourth-order valence-electron chi connectivity index (χ4n) is 4.09. The maximum Gasteiger partial charge on any atom is 0.259 e. The Hall–Kier alpha value is -2.69. The van der Waals surface area contributed by atoms with E-state index in [2.05, 4.69) is 46.8 Å². The Labute approximate surface area is 181 Å². The summed E-state index contributed by atoms with van der Waals surface area (Å²) in [4.78, 5) is 22.5. The van der Waals surface area contributed by atoms with E-state index in [9.17, 15) is 10.1 Å².